The highest BCUT2D eigenvalue weighted by Crippen LogP contribution is 2.19. The van der Waals surface area contributed by atoms with Gasteiger partial charge in [0.1, 0.15) is 17.9 Å². The van der Waals surface area contributed by atoms with Gasteiger partial charge in [-0.25, -0.2) is 9.37 Å². The number of nitrogens with zero attached hydrogens (tertiary/aromatic N) is 1. The van der Waals surface area contributed by atoms with Gasteiger partial charge in [-0.15, -0.1) is 0 Å². The second-order valence-electron chi connectivity index (χ2n) is 3.53. The predicted molar refractivity (Wildman–Crippen MR) is 56.3 cm³/mol. The van der Waals surface area contributed by atoms with Crippen molar-refractivity contribution in [3.8, 4) is 11.5 Å². The Morgan fingerprint density at radius 2 is 2.06 bits per heavy atom. The second kappa shape index (κ2) is 4.26. The van der Waals surface area contributed by atoms with E-state index < -0.39 is 0 Å². The molecule has 0 aliphatic carbocycles. The molecule has 16 heavy (non-hydrogen) atoms. The number of carbonyl (C=O) groups is 1. The van der Waals surface area contributed by atoms with E-state index in [4.69, 9.17) is 4.42 Å². The molecule has 0 saturated heterocycles. The summed E-state index contributed by atoms with van der Waals surface area (Å²) in [5.41, 5.74) is 1.28. The van der Waals surface area contributed by atoms with E-state index in [9.17, 15) is 9.18 Å². The zero-order chi connectivity index (χ0) is 11.5. The van der Waals surface area contributed by atoms with E-state index in [1.54, 1.807) is 12.1 Å². The van der Waals surface area contributed by atoms with Crippen LogP contribution in [0.1, 0.15) is 12.6 Å². The minimum absolute atomic E-state index is 0.0268. The molecule has 0 aliphatic rings. The lowest BCUT2D eigenvalue weighted by atomic mass is 10.2. The molecule has 0 N–H and O–H groups in total. The minimum atomic E-state index is -0.306. The summed E-state index contributed by atoms with van der Waals surface area (Å²) in [5.74, 6) is 0.120. The van der Waals surface area contributed by atoms with Gasteiger partial charge in [-0.2, -0.15) is 0 Å². The molecule has 4 heteroatoms. The van der Waals surface area contributed by atoms with Crippen LogP contribution >= 0.6 is 0 Å². The van der Waals surface area contributed by atoms with Gasteiger partial charge < -0.3 is 4.42 Å². The molecule has 0 amide bonds. The van der Waals surface area contributed by atoms with Gasteiger partial charge in [0.25, 0.3) is 0 Å². The minimum Gasteiger partial charge on any atom is -0.444 e. The van der Waals surface area contributed by atoms with Gasteiger partial charge in [0.15, 0.2) is 0 Å². The first-order chi connectivity index (χ1) is 7.65. The first-order valence-corrected chi connectivity index (χ1v) is 4.85. The fourth-order valence-corrected chi connectivity index (χ4v) is 1.37. The van der Waals surface area contributed by atoms with E-state index in [-0.39, 0.29) is 18.0 Å². The van der Waals surface area contributed by atoms with E-state index >= 15 is 0 Å². The number of benzene rings is 1. The van der Waals surface area contributed by atoms with Crippen molar-refractivity contribution in [1.82, 2.24) is 4.98 Å². The summed E-state index contributed by atoms with van der Waals surface area (Å²) in [6.07, 6.45) is 1.70. The van der Waals surface area contributed by atoms with Crippen molar-refractivity contribution in [2.75, 3.05) is 0 Å². The SMILES string of the molecule is CC(=O)Cc1coc(-c2ccc(F)cc2)n1. The van der Waals surface area contributed by atoms with Gasteiger partial charge in [-0.1, -0.05) is 0 Å². The molecule has 0 bridgehead atoms. The van der Waals surface area contributed by atoms with E-state index in [1.165, 1.54) is 25.3 Å². The molecule has 2 rings (SSSR count). The molecule has 3 nitrogen and oxygen atoms in total. The fraction of sp³-hybridized carbons (Fsp3) is 0.167. The maximum atomic E-state index is 12.7. The van der Waals surface area contributed by atoms with Crippen LogP contribution in [0.25, 0.3) is 11.5 Å². The first kappa shape index (κ1) is 10.5. The molecule has 0 unspecified atom stereocenters. The molecule has 0 spiro atoms. The van der Waals surface area contributed by atoms with Crippen LogP contribution in [0.2, 0.25) is 0 Å². The largest absolute Gasteiger partial charge is 0.444 e. The molecule has 0 radical (unpaired) electrons. The van der Waals surface area contributed by atoms with Crippen molar-refractivity contribution in [2.45, 2.75) is 13.3 Å². The van der Waals surface area contributed by atoms with Crippen molar-refractivity contribution >= 4 is 5.78 Å². The summed E-state index contributed by atoms with van der Waals surface area (Å²) in [5, 5.41) is 0. The number of hydrogen-bond donors (Lipinski definition) is 0. The monoisotopic (exact) mass is 219 g/mol. The Morgan fingerprint density at radius 1 is 1.38 bits per heavy atom. The molecule has 0 atom stereocenters. The van der Waals surface area contributed by atoms with Gasteiger partial charge >= 0.3 is 0 Å². The van der Waals surface area contributed by atoms with Crippen LogP contribution in [0.4, 0.5) is 4.39 Å². The Hall–Kier alpha value is -1.97. The van der Waals surface area contributed by atoms with Crippen LogP contribution < -0.4 is 0 Å². The second-order valence-corrected chi connectivity index (χ2v) is 3.53. The molecular formula is C12H10FNO2. The molecule has 2 aromatic rings. The van der Waals surface area contributed by atoms with Crippen LogP contribution in [0, 0.1) is 5.82 Å². The summed E-state index contributed by atoms with van der Waals surface area (Å²) in [4.78, 5) is 15.0. The smallest absolute Gasteiger partial charge is 0.226 e. The first-order valence-electron chi connectivity index (χ1n) is 4.85. The number of oxazole rings is 1. The predicted octanol–water partition coefficient (Wildman–Crippen LogP) is 2.61. The van der Waals surface area contributed by atoms with E-state index in [2.05, 4.69) is 4.98 Å². The number of halogens is 1. The van der Waals surface area contributed by atoms with Gasteiger partial charge in [-0.3, -0.25) is 4.79 Å². The van der Waals surface area contributed by atoms with Crippen molar-refractivity contribution in [2.24, 2.45) is 0 Å². The molecular weight excluding hydrogens is 209 g/mol. The normalized spacial score (nSPS) is 10.4. The standard InChI is InChI=1S/C12H10FNO2/c1-8(15)6-11-7-16-12(14-11)9-2-4-10(13)5-3-9/h2-5,7H,6H2,1H3. The van der Waals surface area contributed by atoms with Crippen molar-refractivity contribution in [3.05, 3.63) is 42.0 Å². The molecule has 0 aliphatic heterocycles. The van der Waals surface area contributed by atoms with Crippen molar-refractivity contribution in [1.29, 1.82) is 0 Å². The van der Waals surface area contributed by atoms with Gasteiger partial charge in [0.05, 0.1) is 12.1 Å². The summed E-state index contributed by atoms with van der Waals surface area (Å²) < 4.78 is 17.9. The van der Waals surface area contributed by atoms with E-state index in [0.29, 0.717) is 17.1 Å². The average molecular weight is 219 g/mol. The third kappa shape index (κ3) is 2.34. The fourth-order valence-electron chi connectivity index (χ4n) is 1.37. The highest BCUT2D eigenvalue weighted by Gasteiger charge is 2.07. The Kier molecular flexibility index (Phi) is 2.81. The number of hydrogen-bond acceptors (Lipinski definition) is 3. The Morgan fingerprint density at radius 3 is 2.69 bits per heavy atom. The van der Waals surface area contributed by atoms with E-state index in [1.807, 2.05) is 0 Å². The maximum absolute atomic E-state index is 12.7. The van der Waals surface area contributed by atoms with Crippen LogP contribution in [-0.2, 0) is 11.2 Å². The van der Waals surface area contributed by atoms with Crippen molar-refractivity contribution < 1.29 is 13.6 Å². The maximum Gasteiger partial charge on any atom is 0.226 e. The number of rotatable bonds is 3. The molecule has 0 saturated carbocycles. The topological polar surface area (TPSA) is 43.1 Å². The third-order valence-corrected chi connectivity index (χ3v) is 2.07. The Labute approximate surface area is 91.9 Å². The number of aromatic nitrogens is 1. The zero-order valence-electron chi connectivity index (χ0n) is 8.74. The highest BCUT2D eigenvalue weighted by molar-refractivity contribution is 5.77. The molecule has 1 heterocycles. The lowest BCUT2D eigenvalue weighted by molar-refractivity contribution is -0.116. The molecule has 1 aromatic carbocycles. The number of ketones is 1. The molecule has 1 aromatic heterocycles. The van der Waals surface area contributed by atoms with Crippen LogP contribution in [0.15, 0.2) is 34.9 Å². The van der Waals surface area contributed by atoms with Gasteiger partial charge in [0.2, 0.25) is 5.89 Å². The number of carbonyl (C=O) groups excluding carboxylic acids is 1. The van der Waals surface area contributed by atoms with Crippen LogP contribution in [0.5, 0.6) is 0 Å². The summed E-state index contributed by atoms with van der Waals surface area (Å²) in [7, 11) is 0. The summed E-state index contributed by atoms with van der Waals surface area (Å²) in [6.45, 7) is 1.49. The van der Waals surface area contributed by atoms with Crippen molar-refractivity contribution in [3.63, 3.8) is 0 Å². The third-order valence-electron chi connectivity index (χ3n) is 2.07. The van der Waals surface area contributed by atoms with E-state index in [0.717, 1.165) is 0 Å². The average Bonchev–Trinajstić information content (AvgIpc) is 2.66. The van der Waals surface area contributed by atoms with Crippen LogP contribution in [-0.4, -0.2) is 10.8 Å². The Balaban J connectivity index is 2.24. The molecule has 82 valence electrons. The summed E-state index contributed by atoms with van der Waals surface area (Å²) in [6, 6.07) is 5.84. The lowest BCUT2D eigenvalue weighted by Crippen LogP contribution is -1.95. The molecule has 0 fully saturated rings. The van der Waals surface area contributed by atoms with Crippen LogP contribution in [0.3, 0.4) is 0 Å². The van der Waals surface area contributed by atoms with Gasteiger partial charge in [-0.05, 0) is 31.2 Å². The number of Topliss-reactive ketones (excluding diaryl/α,β-unsaturated/α-hetero) is 1. The Bertz CT molecular complexity index is 502. The summed E-state index contributed by atoms with van der Waals surface area (Å²) >= 11 is 0. The van der Waals surface area contributed by atoms with Gasteiger partial charge in [0, 0.05) is 5.56 Å². The lowest BCUT2D eigenvalue weighted by Gasteiger charge is -1.93. The quantitative estimate of drug-likeness (QED) is 0.796. The zero-order valence-corrected chi connectivity index (χ0v) is 8.74. The highest BCUT2D eigenvalue weighted by atomic mass is 19.1.